The highest BCUT2D eigenvalue weighted by atomic mass is 16.3. The third-order valence-corrected chi connectivity index (χ3v) is 9.39. The summed E-state index contributed by atoms with van der Waals surface area (Å²) in [6, 6.07) is 56.3. The number of nitrogens with zero attached hydrogens (tertiary/aromatic N) is 2. The Morgan fingerprint density at radius 1 is 0.457 bits per heavy atom. The number of aromatic nitrogens is 2. The molecule has 0 bridgehead atoms. The number of fused-ring (bicyclic) bond motifs is 11. The summed E-state index contributed by atoms with van der Waals surface area (Å²) in [4.78, 5) is 4.70. The van der Waals surface area contributed by atoms with Crippen LogP contribution in [-0.4, -0.2) is 9.55 Å². The highest BCUT2D eigenvalue weighted by Gasteiger charge is 2.21. The van der Waals surface area contributed by atoms with Crippen LogP contribution in [0.2, 0.25) is 0 Å². The van der Waals surface area contributed by atoms with E-state index in [2.05, 4.69) is 138 Å². The monoisotopic (exact) mass is 586 g/mol. The number of hydrogen-bond acceptors (Lipinski definition) is 2. The molecule has 214 valence electrons. The van der Waals surface area contributed by atoms with Crippen molar-refractivity contribution in [2.24, 2.45) is 0 Å². The third kappa shape index (κ3) is 3.63. The van der Waals surface area contributed by atoms with Crippen LogP contribution in [0.5, 0.6) is 0 Å². The molecular formula is C43H26N2O. The maximum atomic E-state index is 6.04. The normalized spacial score (nSPS) is 11.9. The van der Waals surface area contributed by atoms with Gasteiger partial charge in [0.05, 0.1) is 11.0 Å². The SMILES string of the molecule is c1ccc(-n2c3ccc(-c4ccc(-c5nc6ccccc6o5)cc4)cc3c3c4ccccc4c4ccc5ccccc5c4c32)cc1. The molecule has 0 aliphatic rings. The number of oxazole rings is 1. The Hall–Kier alpha value is -6.19. The molecule has 0 amide bonds. The first-order valence-electron chi connectivity index (χ1n) is 15.6. The Balaban J connectivity index is 1.27. The van der Waals surface area contributed by atoms with Crippen LogP contribution in [0.4, 0.5) is 0 Å². The predicted molar refractivity (Wildman–Crippen MR) is 192 cm³/mol. The molecule has 0 saturated carbocycles. The molecule has 10 aromatic rings. The van der Waals surface area contributed by atoms with Gasteiger partial charge < -0.3 is 8.98 Å². The maximum absolute atomic E-state index is 6.04. The van der Waals surface area contributed by atoms with Gasteiger partial charge in [0.15, 0.2) is 5.58 Å². The average molecular weight is 587 g/mol. The zero-order chi connectivity index (χ0) is 30.2. The molecule has 3 nitrogen and oxygen atoms in total. The van der Waals surface area contributed by atoms with E-state index in [1.807, 2.05) is 24.3 Å². The molecule has 3 heteroatoms. The lowest BCUT2D eigenvalue weighted by atomic mass is 9.93. The highest BCUT2D eigenvalue weighted by molar-refractivity contribution is 6.36. The van der Waals surface area contributed by atoms with Crippen molar-refractivity contribution in [3.63, 3.8) is 0 Å². The minimum absolute atomic E-state index is 0.639. The average Bonchev–Trinajstić information content (AvgIpc) is 3.71. The Bertz CT molecular complexity index is 2750. The van der Waals surface area contributed by atoms with Gasteiger partial charge in [-0.2, -0.15) is 0 Å². The fourth-order valence-electron chi connectivity index (χ4n) is 7.31. The highest BCUT2D eigenvalue weighted by Crippen LogP contribution is 2.45. The lowest BCUT2D eigenvalue weighted by Crippen LogP contribution is -1.95. The summed E-state index contributed by atoms with van der Waals surface area (Å²) < 4.78 is 8.51. The number of para-hydroxylation sites is 3. The number of benzene rings is 8. The van der Waals surface area contributed by atoms with Gasteiger partial charge in [0.1, 0.15) is 5.52 Å². The molecule has 8 aromatic carbocycles. The fourth-order valence-corrected chi connectivity index (χ4v) is 7.31. The van der Waals surface area contributed by atoms with Gasteiger partial charge in [-0.25, -0.2) is 4.98 Å². The first-order valence-corrected chi connectivity index (χ1v) is 15.6. The van der Waals surface area contributed by atoms with Crippen LogP contribution in [0.25, 0.3) is 93.5 Å². The zero-order valence-corrected chi connectivity index (χ0v) is 24.8. The van der Waals surface area contributed by atoms with Crippen molar-refractivity contribution < 1.29 is 4.42 Å². The van der Waals surface area contributed by atoms with E-state index in [0.29, 0.717) is 5.89 Å². The lowest BCUT2D eigenvalue weighted by molar-refractivity contribution is 0.620. The molecule has 0 spiro atoms. The van der Waals surface area contributed by atoms with Crippen molar-refractivity contribution in [3.05, 3.63) is 158 Å². The summed E-state index contributed by atoms with van der Waals surface area (Å²) in [6.45, 7) is 0. The molecule has 0 N–H and O–H groups in total. The van der Waals surface area contributed by atoms with Crippen LogP contribution in [0.3, 0.4) is 0 Å². The van der Waals surface area contributed by atoms with E-state index in [0.717, 1.165) is 27.9 Å². The van der Waals surface area contributed by atoms with Crippen LogP contribution in [-0.2, 0) is 0 Å². The lowest BCUT2D eigenvalue weighted by Gasteiger charge is -2.14. The van der Waals surface area contributed by atoms with Gasteiger partial charge >= 0.3 is 0 Å². The van der Waals surface area contributed by atoms with Crippen molar-refractivity contribution in [1.82, 2.24) is 9.55 Å². The summed E-state index contributed by atoms with van der Waals surface area (Å²) >= 11 is 0. The summed E-state index contributed by atoms with van der Waals surface area (Å²) in [7, 11) is 0. The predicted octanol–water partition coefficient (Wildman–Crippen LogP) is 11.7. The molecule has 46 heavy (non-hydrogen) atoms. The summed E-state index contributed by atoms with van der Waals surface area (Å²) in [5.41, 5.74) is 8.55. The topological polar surface area (TPSA) is 31.0 Å². The van der Waals surface area contributed by atoms with E-state index in [1.54, 1.807) is 0 Å². The van der Waals surface area contributed by atoms with E-state index < -0.39 is 0 Å². The zero-order valence-electron chi connectivity index (χ0n) is 24.8. The third-order valence-electron chi connectivity index (χ3n) is 9.39. The number of hydrogen-bond donors (Lipinski definition) is 0. The Kier molecular flexibility index (Phi) is 5.28. The van der Waals surface area contributed by atoms with Gasteiger partial charge in [0.2, 0.25) is 5.89 Å². The van der Waals surface area contributed by atoms with Crippen molar-refractivity contribution in [2.75, 3.05) is 0 Å². The van der Waals surface area contributed by atoms with Gasteiger partial charge in [0.25, 0.3) is 0 Å². The molecule has 2 aromatic heterocycles. The Labute approximate surface area is 264 Å². The summed E-state index contributed by atoms with van der Waals surface area (Å²) in [5, 5.41) is 10.1. The second-order valence-electron chi connectivity index (χ2n) is 11.9. The van der Waals surface area contributed by atoms with E-state index in [1.165, 1.54) is 59.7 Å². The molecule has 0 radical (unpaired) electrons. The van der Waals surface area contributed by atoms with Crippen molar-refractivity contribution in [2.45, 2.75) is 0 Å². The van der Waals surface area contributed by atoms with Crippen molar-refractivity contribution >= 4 is 65.2 Å². The van der Waals surface area contributed by atoms with Crippen molar-refractivity contribution in [1.29, 1.82) is 0 Å². The van der Waals surface area contributed by atoms with E-state index in [-0.39, 0.29) is 0 Å². The molecule has 0 fully saturated rings. The van der Waals surface area contributed by atoms with Gasteiger partial charge in [-0.05, 0) is 86.6 Å². The smallest absolute Gasteiger partial charge is 0.227 e. The quantitative estimate of drug-likeness (QED) is 0.193. The summed E-state index contributed by atoms with van der Waals surface area (Å²) in [5.74, 6) is 0.639. The van der Waals surface area contributed by atoms with E-state index in [4.69, 9.17) is 9.40 Å². The minimum atomic E-state index is 0.639. The van der Waals surface area contributed by atoms with Crippen LogP contribution in [0, 0.1) is 0 Å². The van der Waals surface area contributed by atoms with Crippen LogP contribution in [0.15, 0.2) is 162 Å². The van der Waals surface area contributed by atoms with Gasteiger partial charge in [0, 0.05) is 27.4 Å². The fraction of sp³-hybridized carbons (Fsp3) is 0. The first-order chi connectivity index (χ1) is 22.8. The standard InChI is InChI=1S/C43H26N2O/c1-2-11-31(12-3-1)45-38-25-23-30(27-18-20-29(21-19-27)43-44-37-16-8-9-17-39(37)46-43)26-36(38)41-34-15-7-6-14-33(34)35-24-22-28-10-4-5-13-32(28)40(35)42(41)45/h1-26H. The molecule has 0 atom stereocenters. The second kappa shape index (κ2) is 9.65. The first kappa shape index (κ1) is 25.2. The Morgan fingerprint density at radius 3 is 1.96 bits per heavy atom. The van der Waals surface area contributed by atoms with E-state index in [9.17, 15) is 0 Å². The molecule has 2 heterocycles. The van der Waals surface area contributed by atoms with Crippen LogP contribution < -0.4 is 0 Å². The molecular weight excluding hydrogens is 560 g/mol. The second-order valence-corrected chi connectivity index (χ2v) is 11.9. The molecule has 0 saturated heterocycles. The van der Waals surface area contributed by atoms with Gasteiger partial charge in [-0.3, -0.25) is 0 Å². The summed E-state index contributed by atoms with van der Waals surface area (Å²) in [6.07, 6.45) is 0. The molecule has 10 rings (SSSR count). The largest absolute Gasteiger partial charge is 0.436 e. The molecule has 0 aliphatic heterocycles. The molecule has 0 unspecified atom stereocenters. The van der Waals surface area contributed by atoms with E-state index >= 15 is 0 Å². The Morgan fingerprint density at radius 2 is 1.11 bits per heavy atom. The minimum Gasteiger partial charge on any atom is -0.436 e. The van der Waals surface area contributed by atoms with Crippen LogP contribution in [0.1, 0.15) is 0 Å². The van der Waals surface area contributed by atoms with Gasteiger partial charge in [-0.15, -0.1) is 0 Å². The molecule has 0 aliphatic carbocycles. The number of rotatable bonds is 3. The maximum Gasteiger partial charge on any atom is 0.227 e. The van der Waals surface area contributed by atoms with Crippen LogP contribution >= 0.6 is 0 Å². The van der Waals surface area contributed by atoms with Crippen molar-refractivity contribution in [3.8, 4) is 28.3 Å². The van der Waals surface area contributed by atoms with Gasteiger partial charge in [-0.1, -0.05) is 109 Å².